The van der Waals surface area contributed by atoms with Crippen LogP contribution in [0.4, 0.5) is 0 Å². The van der Waals surface area contributed by atoms with Gasteiger partial charge in [0.25, 0.3) is 0 Å². The Morgan fingerprint density at radius 3 is 2.96 bits per heavy atom. The Kier molecular flexibility index (Phi) is 7.15. The van der Waals surface area contributed by atoms with Gasteiger partial charge in [0, 0.05) is 18.3 Å². The number of aryl methyl sites for hydroxylation is 1. The number of rotatable bonds is 8. The highest BCUT2D eigenvalue weighted by Crippen LogP contribution is 2.17. The second-order valence-corrected chi connectivity index (χ2v) is 8.71. The highest BCUT2D eigenvalue weighted by atomic mass is 32.2. The van der Waals surface area contributed by atoms with Gasteiger partial charge in [0.15, 0.2) is 0 Å². The van der Waals surface area contributed by atoms with E-state index in [-0.39, 0.29) is 24.7 Å². The van der Waals surface area contributed by atoms with Gasteiger partial charge in [0.05, 0.1) is 37.2 Å². The summed E-state index contributed by atoms with van der Waals surface area (Å²) in [5.74, 6) is -0.0836. The van der Waals surface area contributed by atoms with Gasteiger partial charge >= 0.3 is 0 Å². The average Bonchev–Trinajstić information content (AvgIpc) is 3.01. The highest BCUT2D eigenvalue weighted by Gasteiger charge is 2.33. The van der Waals surface area contributed by atoms with Crippen LogP contribution in [0.2, 0.25) is 0 Å². The number of ether oxygens (including phenoxy) is 1. The molecule has 2 heterocycles. The topological polar surface area (TPSA) is 88.6 Å². The van der Waals surface area contributed by atoms with Gasteiger partial charge in [-0.15, -0.1) is 11.3 Å². The van der Waals surface area contributed by atoms with Crippen LogP contribution in [-0.4, -0.2) is 55.2 Å². The van der Waals surface area contributed by atoms with Crippen LogP contribution >= 0.6 is 11.3 Å². The Morgan fingerprint density at radius 2 is 2.29 bits per heavy atom. The molecule has 7 nitrogen and oxygen atoms in total. The summed E-state index contributed by atoms with van der Waals surface area (Å²) >= 11 is 1.52. The molecule has 136 valence electrons. The van der Waals surface area contributed by atoms with E-state index in [2.05, 4.69) is 10.3 Å². The van der Waals surface area contributed by atoms with Crippen LogP contribution in [0.25, 0.3) is 0 Å². The van der Waals surface area contributed by atoms with Gasteiger partial charge < -0.3 is 10.1 Å². The largest absolute Gasteiger partial charge is 0.378 e. The molecular weight excluding hydrogens is 350 g/mol. The Balaban J connectivity index is 1.90. The Bertz CT molecular complexity index is 645. The number of carbonyl (C=O) groups is 1. The van der Waals surface area contributed by atoms with Gasteiger partial charge in [-0.2, -0.15) is 4.31 Å². The van der Waals surface area contributed by atoms with E-state index in [9.17, 15) is 13.2 Å². The first-order valence-corrected chi connectivity index (χ1v) is 10.7. The van der Waals surface area contributed by atoms with E-state index in [1.54, 1.807) is 0 Å². The van der Waals surface area contributed by atoms with Gasteiger partial charge in [-0.05, 0) is 12.8 Å². The number of nitrogens with one attached hydrogen (secondary N) is 1. The lowest BCUT2D eigenvalue weighted by Crippen LogP contribution is -2.51. The summed E-state index contributed by atoms with van der Waals surface area (Å²) in [5, 5.41) is 5.66. The zero-order valence-electron chi connectivity index (χ0n) is 14.2. The molecule has 0 aromatic carbocycles. The third-order valence-corrected chi connectivity index (χ3v) is 6.83. The quantitative estimate of drug-likeness (QED) is 0.736. The molecule has 0 spiro atoms. The minimum atomic E-state index is -3.33. The Labute approximate surface area is 147 Å². The van der Waals surface area contributed by atoms with Crippen molar-refractivity contribution in [1.82, 2.24) is 14.6 Å². The fourth-order valence-corrected chi connectivity index (χ4v) is 5.10. The summed E-state index contributed by atoms with van der Waals surface area (Å²) in [4.78, 5) is 16.6. The highest BCUT2D eigenvalue weighted by molar-refractivity contribution is 7.89. The van der Waals surface area contributed by atoms with Crippen molar-refractivity contribution in [3.63, 3.8) is 0 Å². The summed E-state index contributed by atoms with van der Waals surface area (Å²) in [7, 11) is -3.33. The number of thiazole rings is 1. The maximum Gasteiger partial charge on any atom is 0.222 e. The number of hydrogen-bond acceptors (Lipinski definition) is 6. The molecular formula is C15H25N3O4S2. The smallest absolute Gasteiger partial charge is 0.222 e. The molecule has 1 aliphatic heterocycles. The van der Waals surface area contributed by atoms with E-state index in [4.69, 9.17) is 4.74 Å². The second kappa shape index (κ2) is 8.89. The summed E-state index contributed by atoms with van der Waals surface area (Å²) in [6, 6.07) is -0.433. The molecule has 1 N–H and O–H groups in total. The maximum atomic E-state index is 12.3. The van der Waals surface area contributed by atoms with E-state index in [0.717, 1.165) is 17.1 Å². The zero-order chi connectivity index (χ0) is 17.6. The predicted octanol–water partition coefficient (Wildman–Crippen LogP) is 1.15. The third-order valence-electron chi connectivity index (χ3n) is 3.81. The number of nitrogens with zero attached hydrogens (tertiary/aromatic N) is 2. The number of sulfonamides is 1. The Morgan fingerprint density at radius 1 is 1.50 bits per heavy atom. The second-order valence-electron chi connectivity index (χ2n) is 5.72. The van der Waals surface area contributed by atoms with Crippen molar-refractivity contribution in [1.29, 1.82) is 0 Å². The van der Waals surface area contributed by atoms with Gasteiger partial charge in [-0.1, -0.05) is 13.8 Å². The van der Waals surface area contributed by atoms with Crippen molar-refractivity contribution in [2.45, 2.75) is 45.7 Å². The third kappa shape index (κ3) is 5.23. The molecule has 1 amide bonds. The van der Waals surface area contributed by atoms with Crippen molar-refractivity contribution < 1.29 is 17.9 Å². The first-order chi connectivity index (χ1) is 11.5. The van der Waals surface area contributed by atoms with Crippen molar-refractivity contribution in [3.8, 4) is 0 Å². The molecule has 0 aliphatic carbocycles. The molecule has 9 heteroatoms. The van der Waals surface area contributed by atoms with E-state index in [0.29, 0.717) is 26.1 Å². The summed E-state index contributed by atoms with van der Waals surface area (Å²) in [6.45, 7) is 5.18. The summed E-state index contributed by atoms with van der Waals surface area (Å²) in [5.41, 5.74) is 1.02. The molecule has 0 radical (unpaired) electrons. The Hall–Kier alpha value is -1.03. The average molecular weight is 376 g/mol. The maximum absolute atomic E-state index is 12.3. The SMILES string of the molecule is CCCS(=O)(=O)N1CCOC[C@H]1CC(=O)NCc1nc(CC)cs1. The van der Waals surface area contributed by atoms with Gasteiger partial charge in [-0.25, -0.2) is 13.4 Å². The molecule has 0 bridgehead atoms. The van der Waals surface area contributed by atoms with E-state index >= 15 is 0 Å². The van der Waals surface area contributed by atoms with Crippen LogP contribution in [0.5, 0.6) is 0 Å². The van der Waals surface area contributed by atoms with Crippen molar-refractivity contribution in [2.24, 2.45) is 0 Å². The fourth-order valence-electron chi connectivity index (χ4n) is 2.59. The number of aromatic nitrogens is 1. The van der Waals surface area contributed by atoms with E-state index in [1.807, 2.05) is 19.2 Å². The summed E-state index contributed by atoms with van der Waals surface area (Å²) in [6.07, 6.45) is 1.53. The molecule has 1 atom stereocenters. The van der Waals surface area contributed by atoms with Gasteiger partial charge in [0.2, 0.25) is 15.9 Å². The van der Waals surface area contributed by atoms with Crippen LogP contribution < -0.4 is 5.32 Å². The van der Waals surface area contributed by atoms with Crippen LogP contribution in [0, 0.1) is 0 Å². The lowest BCUT2D eigenvalue weighted by molar-refractivity contribution is -0.123. The van der Waals surface area contributed by atoms with Crippen molar-refractivity contribution in [2.75, 3.05) is 25.5 Å². The van der Waals surface area contributed by atoms with Crippen molar-refractivity contribution in [3.05, 3.63) is 16.1 Å². The zero-order valence-corrected chi connectivity index (χ0v) is 15.8. The van der Waals surface area contributed by atoms with Crippen LogP contribution in [0.1, 0.15) is 37.4 Å². The number of amides is 1. The predicted molar refractivity (Wildman–Crippen MR) is 93.3 cm³/mol. The first-order valence-electron chi connectivity index (χ1n) is 8.23. The number of hydrogen-bond donors (Lipinski definition) is 1. The van der Waals surface area contributed by atoms with E-state index < -0.39 is 16.1 Å². The van der Waals surface area contributed by atoms with Crippen LogP contribution in [-0.2, 0) is 32.5 Å². The minimum Gasteiger partial charge on any atom is -0.378 e. The number of carbonyl (C=O) groups excluding carboxylic acids is 1. The minimum absolute atomic E-state index is 0.101. The summed E-state index contributed by atoms with van der Waals surface area (Å²) < 4.78 is 31.4. The standard InChI is InChI=1S/C15H25N3O4S2/c1-3-7-24(20,21)18-5-6-22-10-13(18)8-14(19)16-9-15-17-12(4-2)11-23-15/h11,13H,3-10H2,1-2H3,(H,16,19)/t13-/m1/s1. The lowest BCUT2D eigenvalue weighted by Gasteiger charge is -2.34. The van der Waals surface area contributed by atoms with Crippen LogP contribution in [0.15, 0.2) is 5.38 Å². The van der Waals surface area contributed by atoms with Crippen LogP contribution in [0.3, 0.4) is 0 Å². The lowest BCUT2D eigenvalue weighted by atomic mass is 10.2. The molecule has 1 saturated heterocycles. The normalized spacial score (nSPS) is 19.3. The molecule has 1 aliphatic rings. The molecule has 24 heavy (non-hydrogen) atoms. The molecule has 2 rings (SSSR count). The molecule has 0 saturated carbocycles. The van der Waals surface area contributed by atoms with Gasteiger partial charge in [-0.3, -0.25) is 4.79 Å². The first kappa shape index (κ1) is 19.3. The molecule has 1 aromatic rings. The molecule has 0 unspecified atom stereocenters. The monoisotopic (exact) mass is 375 g/mol. The molecule has 1 aromatic heterocycles. The van der Waals surface area contributed by atoms with E-state index in [1.165, 1.54) is 15.6 Å². The molecule has 1 fully saturated rings. The fraction of sp³-hybridized carbons (Fsp3) is 0.733. The number of morpholine rings is 1. The van der Waals surface area contributed by atoms with Crippen molar-refractivity contribution >= 4 is 27.3 Å². The van der Waals surface area contributed by atoms with Gasteiger partial charge in [0.1, 0.15) is 5.01 Å².